The molecule has 0 radical (unpaired) electrons. The fraction of sp³-hybridized carbons (Fsp3) is 0.250. The van der Waals surface area contributed by atoms with Crippen molar-refractivity contribution >= 4 is 23.2 Å². The van der Waals surface area contributed by atoms with E-state index in [0.717, 1.165) is 5.56 Å². The number of rotatable bonds is 5. The summed E-state index contributed by atoms with van der Waals surface area (Å²) < 4.78 is 19.1. The molecule has 0 aliphatic rings. The molecule has 2 aromatic rings. The van der Waals surface area contributed by atoms with E-state index >= 15 is 0 Å². The zero-order valence-electron chi connectivity index (χ0n) is 11.6. The fourth-order valence-electron chi connectivity index (χ4n) is 1.99. The van der Waals surface area contributed by atoms with E-state index in [4.69, 9.17) is 33.7 Å². The zero-order valence-corrected chi connectivity index (χ0v) is 13.1. The Kier molecular flexibility index (Phi) is 5.45. The minimum absolute atomic E-state index is 0.00112. The van der Waals surface area contributed by atoms with Crippen LogP contribution in [0.1, 0.15) is 18.1 Å². The van der Waals surface area contributed by atoms with Crippen molar-refractivity contribution in [1.29, 1.82) is 0 Å². The maximum atomic E-state index is 13.4. The first-order chi connectivity index (χ1) is 9.95. The smallest absolute Gasteiger partial charge is 0.142 e. The first kappa shape index (κ1) is 16.1. The second kappa shape index (κ2) is 7.12. The molecule has 2 rings (SSSR count). The highest BCUT2D eigenvalue weighted by Gasteiger charge is 2.08. The molecule has 0 spiro atoms. The molecular weight excluding hydrogens is 312 g/mol. The summed E-state index contributed by atoms with van der Waals surface area (Å²) in [4.78, 5) is 0. The topological polar surface area (TPSA) is 35.2 Å². The monoisotopic (exact) mass is 327 g/mol. The number of nitrogens with two attached hydrogens (primary N) is 1. The third-order valence-corrected chi connectivity index (χ3v) is 3.48. The molecule has 2 nitrogen and oxygen atoms in total. The molecule has 2 aromatic carbocycles. The van der Waals surface area contributed by atoms with Gasteiger partial charge in [0.2, 0.25) is 0 Å². The van der Waals surface area contributed by atoms with Crippen LogP contribution in [0.15, 0.2) is 36.4 Å². The van der Waals surface area contributed by atoms with Crippen molar-refractivity contribution in [2.24, 2.45) is 5.73 Å². The van der Waals surface area contributed by atoms with Crippen LogP contribution in [0.5, 0.6) is 5.75 Å². The van der Waals surface area contributed by atoms with Gasteiger partial charge >= 0.3 is 0 Å². The molecule has 0 aliphatic carbocycles. The van der Waals surface area contributed by atoms with Gasteiger partial charge in [-0.05, 0) is 54.8 Å². The van der Waals surface area contributed by atoms with Gasteiger partial charge in [-0.15, -0.1) is 0 Å². The van der Waals surface area contributed by atoms with E-state index in [1.165, 1.54) is 12.1 Å². The van der Waals surface area contributed by atoms with Crippen molar-refractivity contribution < 1.29 is 9.13 Å². The van der Waals surface area contributed by atoms with Crippen LogP contribution in [0, 0.1) is 5.82 Å². The van der Waals surface area contributed by atoms with Crippen LogP contribution in [-0.4, -0.2) is 6.04 Å². The minimum Gasteiger partial charge on any atom is -0.489 e. The largest absolute Gasteiger partial charge is 0.489 e. The Balaban J connectivity index is 2.13. The van der Waals surface area contributed by atoms with Crippen molar-refractivity contribution in [2.45, 2.75) is 26.0 Å². The molecule has 0 saturated carbocycles. The quantitative estimate of drug-likeness (QED) is 0.870. The molecule has 0 heterocycles. The first-order valence-corrected chi connectivity index (χ1v) is 7.32. The SMILES string of the molecule is CC(N)Cc1cc(Cl)ccc1OCc1ccc(Cl)c(F)c1. The highest BCUT2D eigenvalue weighted by atomic mass is 35.5. The molecule has 0 aromatic heterocycles. The number of ether oxygens (including phenoxy) is 1. The second-order valence-electron chi connectivity index (χ2n) is 4.97. The van der Waals surface area contributed by atoms with Crippen LogP contribution in [-0.2, 0) is 13.0 Å². The summed E-state index contributed by atoms with van der Waals surface area (Å²) in [6.45, 7) is 2.17. The zero-order chi connectivity index (χ0) is 15.4. The number of halogens is 3. The molecule has 112 valence electrons. The lowest BCUT2D eigenvalue weighted by Gasteiger charge is -2.14. The average Bonchev–Trinajstić information content (AvgIpc) is 2.41. The summed E-state index contributed by atoms with van der Waals surface area (Å²) in [5.41, 5.74) is 7.47. The van der Waals surface area contributed by atoms with E-state index in [0.29, 0.717) is 22.8 Å². The van der Waals surface area contributed by atoms with Gasteiger partial charge in [-0.25, -0.2) is 4.39 Å². The normalized spacial score (nSPS) is 12.2. The third-order valence-electron chi connectivity index (χ3n) is 2.94. The van der Waals surface area contributed by atoms with Crippen LogP contribution in [0.2, 0.25) is 10.0 Å². The Morgan fingerprint density at radius 3 is 2.62 bits per heavy atom. The molecule has 21 heavy (non-hydrogen) atoms. The van der Waals surface area contributed by atoms with Gasteiger partial charge in [-0.2, -0.15) is 0 Å². The lowest BCUT2D eigenvalue weighted by atomic mass is 10.1. The van der Waals surface area contributed by atoms with Crippen LogP contribution in [0.4, 0.5) is 4.39 Å². The van der Waals surface area contributed by atoms with Crippen LogP contribution < -0.4 is 10.5 Å². The maximum absolute atomic E-state index is 13.4. The first-order valence-electron chi connectivity index (χ1n) is 6.56. The van der Waals surface area contributed by atoms with Gasteiger partial charge in [0.1, 0.15) is 18.2 Å². The molecule has 5 heteroatoms. The number of benzene rings is 2. The molecule has 1 atom stereocenters. The van der Waals surface area contributed by atoms with E-state index in [2.05, 4.69) is 0 Å². The van der Waals surface area contributed by atoms with Crippen molar-refractivity contribution in [1.82, 2.24) is 0 Å². The Bertz CT molecular complexity index is 632. The van der Waals surface area contributed by atoms with Gasteiger partial charge in [0.15, 0.2) is 0 Å². The Morgan fingerprint density at radius 2 is 1.95 bits per heavy atom. The molecule has 1 unspecified atom stereocenters. The third kappa shape index (κ3) is 4.60. The van der Waals surface area contributed by atoms with Gasteiger partial charge in [0.25, 0.3) is 0 Å². The van der Waals surface area contributed by atoms with E-state index < -0.39 is 5.82 Å². The van der Waals surface area contributed by atoms with Crippen LogP contribution in [0.25, 0.3) is 0 Å². The summed E-state index contributed by atoms with van der Waals surface area (Å²) in [6, 6.07) is 9.99. The molecule has 0 amide bonds. The van der Waals surface area contributed by atoms with Crippen LogP contribution >= 0.6 is 23.2 Å². The number of hydrogen-bond donors (Lipinski definition) is 1. The molecule has 0 saturated heterocycles. The van der Waals surface area contributed by atoms with Crippen molar-refractivity contribution in [3.05, 3.63) is 63.4 Å². The number of hydrogen-bond acceptors (Lipinski definition) is 2. The lowest BCUT2D eigenvalue weighted by Crippen LogP contribution is -2.18. The van der Waals surface area contributed by atoms with E-state index in [9.17, 15) is 4.39 Å². The summed E-state index contributed by atoms with van der Waals surface area (Å²) in [5, 5.41) is 0.735. The van der Waals surface area contributed by atoms with Crippen molar-refractivity contribution in [3.8, 4) is 5.75 Å². The van der Waals surface area contributed by atoms with Gasteiger partial charge in [-0.1, -0.05) is 29.3 Å². The summed E-state index contributed by atoms with van der Waals surface area (Å²) in [7, 11) is 0. The Labute approximate surface area is 133 Å². The Morgan fingerprint density at radius 1 is 1.19 bits per heavy atom. The minimum atomic E-state index is -0.454. The summed E-state index contributed by atoms with van der Waals surface area (Å²) >= 11 is 11.6. The van der Waals surface area contributed by atoms with Gasteiger partial charge in [-0.3, -0.25) is 0 Å². The van der Waals surface area contributed by atoms with E-state index in [1.54, 1.807) is 18.2 Å². The standard InChI is InChI=1S/C16H16Cl2FNO/c1-10(20)6-12-8-13(17)3-5-16(12)21-9-11-2-4-14(18)15(19)7-11/h2-5,7-8,10H,6,9,20H2,1H3. The second-order valence-corrected chi connectivity index (χ2v) is 5.81. The molecule has 2 N–H and O–H groups in total. The molecule has 0 bridgehead atoms. The van der Waals surface area contributed by atoms with Crippen LogP contribution in [0.3, 0.4) is 0 Å². The molecule has 0 fully saturated rings. The van der Waals surface area contributed by atoms with E-state index in [1.807, 2.05) is 13.0 Å². The van der Waals surface area contributed by atoms with Gasteiger partial charge in [0.05, 0.1) is 5.02 Å². The maximum Gasteiger partial charge on any atom is 0.142 e. The Hall–Kier alpha value is -1.29. The highest BCUT2D eigenvalue weighted by molar-refractivity contribution is 6.31. The predicted octanol–water partition coefficient (Wildman–Crippen LogP) is 4.60. The van der Waals surface area contributed by atoms with Gasteiger partial charge < -0.3 is 10.5 Å². The molecule has 0 aliphatic heterocycles. The van der Waals surface area contributed by atoms with Gasteiger partial charge in [0, 0.05) is 11.1 Å². The van der Waals surface area contributed by atoms with Crippen molar-refractivity contribution in [2.75, 3.05) is 0 Å². The summed E-state index contributed by atoms with van der Waals surface area (Å²) in [5.74, 6) is 0.247. The predicted molar refractivity (Wildman–Crippen MR) is 84.5 cm³/mol. The lowest BCUT2D eigenvalue weighted by molar-refractivity contribution is 0.302. The summed E-state index contributed by atoms with van der Waals surface area (Å²) in [6.07, 6.45) is 0.658. The van der Waals surface area contributed by atoms with E-state index in [-0.39, 0.29) is 17.7 Å². The van der Waals surface area contributed by atoms with Crippen molar-refractivity contribution in [3.63, 3.8) is 0 Å². The average molecular weight is 328 g/mol. The fourth-order valence-corrected chi connectivity index (χ4v) is 2.30. The molecular formula is C16H16Cl2FNO. The highest BCUT2D eigenvalue weighted by Crippen LogP contribution is 2.25.